The third-order valence-electron chi connectivity index (χ3n) is 3.66. The lowest BCUT2D eigenvalue weighted by Gasteiger charge is -2.25. The van der Waals surface area contributed by atoms with Gasteiger partial charge in [0.1, 0.15) is 0 Å². The number of alkyl halides is 1. The van der Waals surface area contributed by atoms with E-state index in [0.29, 0.717) is 16.5 Å². The van der Waals surface area contributed by atoms with E-state index in [-0.39, 0.29) is 11.9 Å². The number of halogens is 2. The molecule has 1 aromatic rings. The number of hydrogen-bond donors (Lipinski definition) is 0. The Labute approximate surface area is 121 Å². The third-order valence-corrected chi connectivity index (χ3v) is 4.63. The molecule has 2 atom stereocenters. The fourth-order valence-corrected chi connectivity index (χ4v) is 3.75. The number of hydrogen-bond acceptors (Lipinski definition) is 1. The zero-order valence-electron chi connectivity index (χ0n) is 10.6. The fraction of sp³-hybridized carbons (Fsp3) is 0.500. The van der Waals surface area contributed by atoms with E-state index >= 15 is 0 Å². The second-order valence-corrected chi connectivity index (χ2v) is 6.02. The van der Waals surface area contributed by atoms with Gasteiger partial charge in [-0.1, -0.05) is 40.5 Å². The number of carbonyl (C=O) groups is 1. The molecule has 1 saturated heterocycles. The molecule has 2 nitrogen and oxygen atoms in total. The number of benzene rings is 1. The summed E-state index contributed by atoms with van der Waals surface area (Å²) in [4.78, 5) is 14.5. The Kier molecular flexibility index (Phi) is 4.33. The van der Waals surface area contributed by atoms with Crippen LogP contribution in [0.15, 0.2) is 18.2 Å². The van der Waals surface area contributed by atoms with Crippen molar-refractivity contribution >= 4 is 33.4 Å². The third kappa shape index (κ3) is 2.57. The van der Waals surface area contributed by atoms with Gasteiger partial charge in [0.15, 0.2) is 0 Å². The van der Waals surface area contributed by atoms with Crippen molar-refractivity contribution in [2.45, 2.75) is 26.3 Å². The smallest absolute Gasteiger partial charge is 0.255 e. The molecule has 18 heavy (non-hydrogen) atoms. The monoisotopic (exact) mass is 329 g/mol. The molecule has 0 radical (unpaired) electrons. The number of aryl methyl sites for hydroxylation is 1. The van der Waals surface area contributed by atoms with Gasteiger partial charge in [-0.2, -0.15) is 0 Å². The first-order valence-corrected chi connectivity index (χ1v) is 7.67. The topological polar surface area (TPSA) is 20.3 Å². The van der Waals surface area contributed by atoms with Gasteiger partial charge in [0, 0.05) is 17.9 Å². The molecule has 1 fully saturated rings. The lowest BCUT2D eigenvalue weighted by atomic mass is 10.0. The lowest BCUT2D eigenvalue weighted by Crippen LogP contribution is -2.38. The van der Waals surface area contributed by atoms with Gasteiger partial charge in [-0.05, 0) is 37.0 Å². The Morgan fingerprint density at radius 1 is 1.56 bits per heavy atom. The van der Waals surface area contributed by atoms with Gasteiger partial charge in [0.05, 0.1) is 10.6 Å². The molecule has 1 aliphatic heterocycles. The minimum Gasteiger partial charge on any atom is -0.334 e. The van der Waals surface area contributed by atoms with E-state index in [1.54, 1.807) is 0 Å². The molecular formula is C14H17BrClNO. The Bertz CT molecular complexity index is 463. The van der Waals surface area contributed by atoms with Crippen LogP contribution in [0.3, 0.4) is 0 Å². The van der Waals surface area contributed by atoms with Crippen LogP contribution < -0.4 is 0 Å². The molecule has 0 bridgehead atoms. The largest absolute Gasteiger partial charge is 0.334 e. The van der Waals surface area contributed by atoms with Crippen LogP contribution in [-0.4, -0.2) is 28.7 Å². The highest BCUT2D eigenvalue weighted by atomic mass is 79.9. The van der Waals surface area contributed by atoms with Gasteiger partial charge in [-0.3, -0.25) is 4.79 Å². The van der Waals surface area contributed by atoms with Crippen molar-refractivity contribution in [2.24, 2.45) is 5.92 Å². The van der Waals surface area contributed by atoms with E-state index in [4.69, 9.17) is 11.6 Å². The van der Waals surface area contributed by atoms with Crippen LogP contribution in [-0.2, 0) is 0 Å². The Balaban J connectivity index is 2.26. The highest BCUT2D eigenvalue weighted by Gasteiger charge is 2.34. The summed E-state index contributed by atoms with van der Waals surface area (Å²) in [5.74, 6) is 0.589. The zero-order chi connectivity index (χ0) is 13.3. The number of likely N-dealkylation sites (tertiary alicyclic amines) is 1. The maximum absolute atomic E-state index is 12.5. The summed E-state index contributed by atoms with van der Waals surface area (Å²) in [6.45, 7) is 4.98. The standard InChI is InChI=1S/C14H17BrClNO/c1-9-3-4-11(12(16)7-9)14(18)17-6-5-10(2)13(17)8-15/h3-4,7,10,13H,5-6,8H2,1-2H3. The van der Waals surface area contributed by atoms with Crippen molar-refractivity contribution in [2.75, 3.05) is 11.9 Å². The Morgan fingerprint density at radius 2 is 2.28 bits per heavy atom. The van der Waals surface area contributed by atoms with E-state index in [1.807, 2.05) is 30.0 Å². The van der Waals surface area contributed by atoms with Crippen LogP contribution in [0.5, 0.6) is 0 Å². The van der Waals surface area contributed by atoms with Gasteiger partial charge in [0.2, 0.25) is 0 Å². The van der Waals surface area contributed by atoms with Gasteiger partial charge in [0.25, 0.3) is 5.91 Å². The average Bonchev–Trinajstić information content (AvgIpc) is 2.69. The molecule has 1 amide bonds. The molecule has 0 aromatic heterocycles. The summed E-state index contributed by atoms with van der Waals surface area (Å²) in [7, 11) is 0. The van der Waals surface area contributed by atoms with E-state index < -0.39 is 0 Å². The number of amides is 1. The SMILES string of the molecule is Cc1ccc(C(=O)N2CCC(C)C2CBr)c(Cl)c1. The van der Waals surface area contributed by atoms with Gasteiger partial charge >= 0.3 is 0 Å². The average molecular weight is 331 g/mol. The first-order valence-electron chi connectivity index (χ1n) is 6.17. The maximum Gasteiger partial charge on any atom is 0.255 e. The van der Waals surface area contributed by atoms with E-state index in [1.165, 1.54) is 0 Å². The molecule has 0 spiro atoms. The first kappa shape index (κ1) is 13.9. The molecule has 1 aliphatic rings. The highest BCUT2D eigenvalue weighted by molar-refractivity contribution is 9.09. The lowest BCUT2D eigenvalue weighted by molar-refractivity contribution is 0.0739. The van der Waals surface area contributed by atoms with Gasteiger partial charge in [-0.15, -0.1) is 0 Å². The molecule has 2 unspecified atom stereocenters. The van der Waals surface area contributed by atoms with Crippen molar-refractivity contribution in [1.82, 2.24) is 4.90 Å². The molecule has 98 valence electrons. The number of carbonyl (C=O) groups excluding carboxylic acids is 1. The number of rotatable bonds is 2. The summed E-state index contributed by atoms with van der Waals surface area (Å²) in [6.07, 6.45) is 1.06. The second-order valence-electron chi connectivity index (χ2n) is 4.97. The van der Waals surface area contributed by atoms with E-state index in [9.17, 15) is 4.79 Å². The maximum atomic E-state index is 12.5. The Morgan fingerprint density at radius 3 is 2.89 bits per heavy atom. The van der Waals surface area contributed by atoms with Crippen molar-refractivity contribution in [3.8, 4) is 0 Å². The quantitative estimate of drug-likeness (QED) is 0.753. The minimum atomic E-state index is 0.0498. The summed E-state index contributed by atoms with van der Waals surface area (Å²) < 4.78 is 0. The van der Waals surface area contributed by atoms with Crippen LogP contribution in [0.1, 0.15) is 29.3 Å². The second kappa shape index (κ2) is 5.62. The predicted octanol–water partition coefficient (Wildman–Crippen LogP) is 3.89. The van der Waals surface area contributed by atoms with E-state index in [2.05, 4.69) is 22.9 Å². The van der Waals surface area contributed by atoms with Crippen molar-refractivity contribution in [3.05, 3.63) is 34.3 Å². The first-order chi connectivity index (χ1) is 8.54. The molecule has 0 aliphatic carbocycles. The number of nitrogens with zero attached hydrogens (tertiary/aromatic N) is 1. The van der Waals surface area contributed by atoms with Crippen LogP contribution in [0.25, 0.3) is 0 Å². The van der Waals surface area contributed by atoms with Crippen molar-refractivity contribution < 1.29 is 4.79 Å². The van der Waals surface area contributed by atoms with Crippen LogP contribution in [0.2, 0.25) is 5.02 Å². The van der Waals surface area contributed by atoms with Crippen LogP contribution in [0, 0.1) is 12.8 Å². The molecule has 0 N–H and O–H groups in total. The summed E-state index contributed by atoms with van der Waals surface area (Å²) in [5, 5.41) is 1.37. The summed E-state index contributed by atoms with van der Waals surface area (Å²) in [5.41, 5.74) is 1.69. The van der Waals surface area contributed by atoms with Gasteiger partial charge in [-0.25, -0.2) is 0 Å². The molecule has 4 heteroatoms. The molecule has 0 saturated carbocycles. The van der Waals surface area contributed by atoms with E-state index in [0.717, 1.165) is 23.9 Å². The Hall–Kier alpha value is -0.540. The fourth-order valence-electron chi connectivity index (χ4n) is 2.44. The predicted molar refractivity (Wildman–Crippen MR) is 78.6 cm³/mol. The van der Waals surface area contributed by atoms with Crippen molar-refractivity contribution in [3.63, 3.8) is 0 Å². The minimum absolute atomic E-state index is 0.0498. The molecular weight excluding hydrogens is 314 g/mol. The zero-order valence-corrected chi connectivity index (χ0v) is 13.0. The van der Waals surface area contributed by atoms with Crippen LogP contribution in [0.4, 0.5) is 0 Å². The van der Waals surface area contributed by atoms with Gasteiger partial charge < -0.3 is 4.90 Å². The van der Waals surface area contributed by atoms with Crippen LogP contribution >= 0.6 is 27.5 Å². The highest BCUT2D eigenvalue weighted by Crippen LogP contribution is 2.29. The normalized spacial score (nSPS) is 23.4. The molecule has 1 aromatic carbocycles. The molecule has 2 rings (SSSR count). The molecule has 1 heterocycles. The summed E-state index contributed by atoms with van der Waals surface area (Å²) in [6, 6.07) is 5.88. The van der Waals surface area contributed by atoms with Crippen molar-refractivity contribution in [1.29, 1.82) is 0 Å². The summed E-state index contributed by atoms with van der Waals surface area (Å²) >= 11 is 9.67.